The van der Waals surface area contributed by atoms with Crippen LogP contribution in [0.25, 0.3) is 0 Å². The van der Waals surface area contributed by atoms with Crippen LogP contribution in [0.2, 0.25) is 0 Å². The summed E-state index contributed by atoms with van der Waals surface area (Å²) in [5, 5.41) is 0. The Morgan fingerprint density at radius 1 is 1.40 bits per heavy atom. The van der Waals surface area contributed by atoms with Crippen LogP contribution in [-0.4, -0.2) is 53.8 Å². The molecule has 1 atom stereocenters. The molecular weight excluding hydrogens is 194 g/mol. The normalized spacial score (nSPS) is 23.3. The molecule has 0 aliphatic carbocycles. The highest BCUT2D eigenvalue weighted by Gasteiger charge is 2.29. The molecule has 0 saturated carbocycles. The SMILES string of the molecule is CCN1C(=O)CC(=O)N(CCN)CC1C. The first-order valence-corrected chi connectivity index (χ1v) is 5.37. The Morgan fingerprint density at radius 2 is 2.07 bits per heavy atom. The number of nitrogens with two attached hydrogens (primary N) is 1. The van der Waals surface area contributed by atoms with Crippen LogP contribution < -0.4 is 5.73 Å². The molecule has 1 rings (SSSR count). The van der Waals surface area contributed by atoms with Gasteiger partial charge in [0.05, 0.1) is 0 Å². The van der Waals surface area contributed by atoms with Gasteiger partial charge in [-0.05, 0) is 13.8 Å². The molecule has 0 bridgehead atoms. The average Bonchev–Trinajstić information content (AvgIpc) is 2.26. The molecule has 0 spiro atoms. The van der Waals surface area contributed by atoms with Crippen molar-refractivity contribution in [3.05, 3.63) is 0 Å². The van der Waals surface area contributed by atoms with E-state index in [1.807, 2.05) is 13.8 Å². The van der Waals surface area contributed by atoms with Crippen molar-refractivity contribution in [2.24, 2.45) is 5.73 Å². The number of amides is 2. The second kappa shape index (κ2) is 5.11. The fourth-order valence-corrected chi connectivity index (χ4v) is 1.97. The number of carbonyl (C=O) groups excluding carboxylic acids is 2. The van der Waals surface area contributed by atoms with Gasteiger partial charge in [0.1, 0.15) is 6.42 Å². The molecule has 0 aromatic rings. The fraction of sp³-hybridized carbons (Fsp3) is 0.800. The van der Waals surface area contributed by atoms with Gasteiger partial charge in [-0.15, -0.1) is 0 Å². The quantitative estimate of drug-likeness (QED) is 0.637. The lowest BCUT2D eigenvalue weighted by molar-refractivity contribution is -0.137. The van der Waals surface area contributed by atoms with E-state index < -0.39 is 0 Å². The average molecular weight is 213 g/mol. The molecule has 1 aliphatic rings. The highest BCUT2D eigenvalue weighted by atomic mass is 16.2. The van der Waals surface area contributed by atoms with Crippen molar-refractivity contribution in [2.45, 2.75) is 26.3 Å². The smallest absolute Gasteiger partial charge is 0.232 e. The summed E-state index contributed by atoms with van der Waals surface area (Å²) in [6.45, 7) is 6.12. The predicted octanol–water partition coefficient (Wildman–Crippen LogP) is -0.586. The molecule has 0 radical (unpaired) electrons. The second-order valence-corrected chi connectivity index (χ2v) is 3.83. The first-order valence-electron chi connectivity index (χ1n) is 5.37. The van der Waals surface area contributed by atoms with E-state index in [1.165, 1.54) is 0 Å². The summed E-state index contributed by atoms with van der Waals surface area (Å²) >= 11 is 0. The van der Waals surface area contributed by atoms with Crippen molar-refractivity contribution in [3.8, 4) is 0 Å². The molecule has 1 fully saturated rings. The lowest BCUT2D eigenvalue weighted by Gasteiger charge is -2.27. The highest BCUT2D eigenvalue weighted by molar-refractivity contribution is 5.97. The lowest BCUT2D eigenvalue weighted by Crippen LogP contribution is -2.42. The van der Waals surface area contributed by atoms with Gasteiger partial charge in [0.15, 0.2) is 0 Å². The van der Waals surface area contributed by atoms with E-state index in [4.69, 9.17) is 5.73 Å². The molecule has 1 heterocycles. The summed E-state index contributed by atoms with van der Waals surface area (Å²) in [5.41, 5.74) is 5.43. The van der Waals surface area contributed by atoms with Gasteiger partial charge in [-0.2, -0.15) is 0 Å². The summed E-state index contributed by atoms with van der Waals surface area (Å²) in [6.07, 6.45) is -0.0157. The van der Waals surface area contributed by atoms with Crippen LogP contribution in [0.4, 0.5) is 0 Å². The molecule has 0 aromatic heterocycles. The Balaban J connectivity index is 2.76. The molecule has 86 valence electrons. The summed E-state index contributed by atoms with van der Waals surface area (Å²) in [5.74, 6) is -0.178. The van der Waals surface area contributed by atoms with Gasteiger partial charge >= 0.3 is 0 Å². The van der Waals surface area contributed by atoms with Gasteiger partial charge in [-0.3, -0.25) is 9.59 Å². The molecule has 0 aromatic carbocycles. The second-order valence-electron chi connectivity index (χ2n) is 3.83. The lowest BCUT2D eigenvalue weighted by atomic mass is 10.2. The summed E-state index contributed by atoms with van der Waals surface area (Å²) in [4.78, 5) is 26.7. The molecule has 1 unspecified atom stereocenters. The van der Waals surface area contributed by atoms with Crippen LogP contribution in [-0.2, 0) is 9.59 Å². The zero-order chi connectivity index (χ0) is 11.4. The van der Waals surface area contributed by atoms with Crippen molar-refractivity contribution >= 4 is 11.8 Å². The zero-order valence-electron chi connectivity index (χ0n) is 9.40. The Kier molecular flexibility index (Phi) is 4.08. The summed E-state index contributed by atoms with van der Waals surface area (Å²) < 4.78 is 0. The maximum Gasteiger partial charge on any atom is 0.232 e. The van der Waals surface area contributed by atoms with Crippen molar-refractivity contribution in [1.82, 2.24) is 9.80 Å². The van der Waals surface area contributed by atoms with E-state index >= 15 is 0 Å². The number of carbonyl (C=O) groups is 2. The predicted molar refractivity (Wildman–Crippen MR) is 57.1 cm³/mol. The standard InChI is InChI=1S/C10H19N3O2/c1-3-13-8(2)7-12(5-4-11)9(14)6-10(13)15/h8H,3-7,11H2,1-2H3. The minimum atomic E-state index is -0.103. The highest BCUT2D eigenvalue weighted by Crippen LogP contribution is 2.11. The van der Waals surface area contributed by atoms with E-state index in [0.717, 1.165) is 0 Å². The topological polar surface area (TPSA) is 66.6 Å². The molecule has 1 saturated heterocycles. The van der Waals surface area contributed by atoms with Crippen LogP contribution in [0.1, 0.15) is 20.3 Å². The largest absolute Gasteiger partial charge is 0.339 e. The van der Waals surface area contributed by atoms with E-state index in [9.17, 15) is 9.59 Å². The minimum absolute atomic E-state index is 0.0157. The number of hydrogen-bond donors (Lipinski definition) is 1. The van der Waals surface area contributed by atoms with Crippen LogP contribution >= 0.6 is 0 Å². The molecule has 5 nitrogen and oxygen atoms in total. The van der Waals surface area contributed by atoms with Crippen molar-refractivity contribution < 1.29 is 9.59 Å². The minimum Gasteiger partial charge on any atom is -0.339 e. The molecule has 2 N–H and O–H groups in total. The van der Waals surface area contributed by atoms with Gasteiger partial charge < -0.3 is 15.5 Å². The first-order chi connectivity index (χ1) is 7.10. The number of likely N-dealkylation sites (N-methyl/N-ethyl adjacent to an activating group) is 1. The third-order valence-corrected chi connectivity index (χ3v) is 2.73. The Hall–Kier alpha value is -1.10. The zero-order valence-corrected chi connectivity index (χ0v) is 9.40. The van der Waals surface area contributed by atoms with Crippen LogP contribution in [0.3, 0.4) is 0 Å². The van der Waals surface area contributed by atoms with E-state index in [2.05, 4.69) is 0 Å². The summed E-state index contributed by atoms with van der Waals surface area (Å²) in [7, 11) is 0. The van der Waals surface area contributed by atoms with Gasteiger partial charge in [0.25, 0.3) is 0 Å². The maximum absolute atomic E-state index is 11.7. The van der Waals surface area contributed by atoms with Crippen LogP contribution in [0, 0.1) is 0 Å². The monoisotopic (exact) mass is 213 g/mol. The molecule has 1 aliphatic heterocycles. The van der Waals surface area contributed by atoms with E-state index in [-0.39, 0.29) is 24.3 Å². The van der Waals surface area contributed by atoms with Crippen LogP contribution in [0.5, 0.6) is 0 Å². The number of rotatable bonds is 3. The van der Waals surface area contributed by atoms with Gasteiger partial charge in [0.2, 0.25) is 11.8 Å². The number of nitrogens with zero attached hydrogens (tertiary/aromatic N) is 2. The van der Waals surface area contributed by atoms with E-state index in [0.29, 0.717) is 26.2 Å². The molecular formula is C10H19N3O2. The van der Waals surface area contributed by atoms with Crippen LogP contribution in [0.15, 0.2) is 0 Å². The Labute approximate surface area is 90.2 Å². The maximum atomic E-state index is 11.7. The third kappa shape index (κ3) is 2.68. The Morgan fingerprint density at radius 3 is 2.60 bits per heavy atom. The Bertz CT molecular complexity index is 255. The van der Waals surface area contributed by atoms with Gasteiger partial charge in [-0.1, -0.05) is 0 Å². The first kappa shape index (κ1) is 12.0. The third-order valence-electron chi connectivity index (χ3n) is 2.73. The molecule has 2 amide bonds. The van der Waals surface area contributed by atoms with Crippen molar-refractivity contribution in [1.29, 1.82) is 0 Å². The van der Waals surface area contributed by atoms with Crippen molar-refractivity contribution in [2.75, 3.05) is 26.2 Å². The molecule has 5 heteroatoms. The molecule has 15 heavy (non-hydrogen) atoms. The fourth-order valence-electron chi connectivity index (χ4n) is 1.97. The van der Waals surface area contributed by atoms with Crippen molar-refractivity contribution in [3.63, 3.8) is 0 Å². The number of hydrogen-bond acceptors (Lipinski definition) is 3. The van der Waals surface area contributed by atoms with Gasteiger partial charge in [0, 0.05) is 32.2 Å². The summed E-state index contributed by atoms with van der Waals surface area (Å²) in [6, 6.07) is 0.0838. The van der Waals surface area contributed by atoms with Gasteiger partial charge in [-0.25, -0.2) is 0 Å². The van der Waals surface area contributed by atoms with E-state index in [1.54, 1.807) is 9.80 Å².